The number of nitrogens with one attached hydrogen (secondary N) is 1. The van der Waals surface area contributed by atoms with Gasteiger partial charge in [-0.3, -0.25) is 14.2 Å². The minimum absolute atomic E-state index is 0.131. The third-order valence-electron chi connectivity index (χ3n) is 6.07. The molecule has 31 heavy (non-hydrogen) atoms. The van der Waals surface area contributed by atoms with Crippen molar-refractivity contribution in [2.45, 2.75) is 20.4 Å². The van der Waals surface area contributed by atoms with Gasteiger partial charge in [-0.25, -0.2) is 0 Å². The fourth-order valence-corrected chi connectivity index (χ4v) is 4.36. The van der Waals surface area contributed by atoms with Gasteiger partial charge in [-0.2, -0.15) is 0 Å². The fourth-order valence-electron chi connectivity index (χ4n) is 4.36. The second kappa shape index (κ2) is 7.28. The summed E-state index contributed by atoms with van der Waals surface area (Å²) in [6.07, 6.45) is 0. The Morgan fingerprint density at radius 3 is 2.58 bits per heavy atom. The van der Waals surface area contributed by atoms with E-state index in [4.69, 9.17) is 4.42 Å². The number of aromatic amines is 1. The van der Waals surface area contributed by atoms with Gasteiger partial charge in [-0.15, -0.1) is 0 Å². The highest BCUT2D eigenvalue weighted by Crippen LogP contribution is 2.38. The van der Waals surface area contributed by atoms with Crippen molar-refractivity contribution >= 4 is 43.7 Å². The van der Waals surface area contributed by atoms with E-state index in [1.807, 2.05) is 24.3 Å². The summed E-state index contributed by atoms with van der Waals surface area (Å²) in [4.78, 5) is 31.2. The Balaban J connectivity index is 1.92. The van der Waals surface area contributed by atoms with Gasteiger partial charge in [-0.1, -0.05) is 26.0 Å². The Hall–Kier alpha value is -3.58. The highest BCUT2D eigenvalue weighted by atomic mass is 16.3. The number of hydrogen-bond donors (Lipinski definition) is 2. The zero-order chi connectivity index (χ0) is 21.7. The minimum Gasteiger partial charge on any atom is -0.494 e. The smallest absolute Gasteiger partial charge is 0.265 e. The molecule has 0 fully saturated rings. The van der Waals surface area contributed by atoms with E-state index < -0.39 is 0 Å². The van der Waals surface area contributed by atoms with Crippen molar-refractivity contribution in [3.05, 3.63) is 63.0 Å². The molecule has 0 aliphatic heterocycles. The third kappa shape index (κ3) is 2.92. The molecule has 7 nitrogen and oxygen atoms in total. The second-order valence-electron chi connectivity index (χ2n) is 7.69. The lowest BCUT2D eigenvalue weighted by molar-refractivity contribution is 0.282. The van der Waals surface area contributed by atoms with E-state index in [1.165, 1.54) is 16.7 Å². The lowest BCUT2D eigenvalue weighted by Gasteiger charge is -2.17. The fraction of sp³-hybridized carbons (Fsp3) is 0.250. The summed E-state index contributed by atoms with van der Waals surface area (Å²) in [5.41, 5.74) is 1.87. The van der Waals surface area contributed by atoms with E-state index in [2.05, 4.69) is 23.7 Å². The molecule has 0 spiro atoms. The number of hydrogen-bond acceptors (Lipinski definition) is 5. The zero-order valence-corrected chi connectivity index (χ0v) is 17.4. The van der Waals surface area contributed by atoms with Gasteiger partial charge in [0.2, 0.25) is 5.88 Å². The first kappa shape index (κ1) is 19.4. The van der Waals surface area contributed by atoms with E-state index in [0.29, 0.717) is 45.9 Å². The van der Waals surface area contributed by atoms with Crippen molar-refractivity contribution in [1.29, 1.82) is 0 Å². The van der Waals surface area contributed by atoms with Crippen LogP contribution in [0.5, 0.6) is 5.88 Å². The van der Waals surface area contributed by atoms with Gasteiger partial charge in [-0.05, 0) is 43.4 Å². The number of benzene rings is 3. The molecule has 2 aromatic heterocycles. The molecule has 2 N–H and O–H groups in total. The van der Waals surface area contributed by atoms with E-state index >= 15 is 0 Å². The zero-order valence-electron chi connectivity index (χ0n) is 17.4. The molecule has 0 aliphatic rings. The number of aromatic nitrogens is 2. The van der Waals surface area contributed by atoms with Crippen LogP contribution in [0.1, 0.15) is 13.8 Å². The molecular formula is C24H23N3O4. The summed E-state index contributed by atoms with van der Waals surface area (Å²) in [6, 6.07) is 12.1. The summed E-state index contributed by atoms with van der Waals surface area (Å²) >= 11 is 0. The molecule has 0 amide bonds. The van der Waals surface area contributed by atoms with Crippen LogP contribution in [0.2, 0.25) is 0 Å². The molecular weight excluding hydrogens is 394 g/mol. The number of rotatable bonds is 5. The van der Waals surface area contributed by atoms with Gasteiger partial charge in [0, 0.05) is 23.9 Å². The predicted octanol–water partition coefficient (Wildman–Crippen LogP) is 3.79. The summed E-state index contributed by atoms with van der Waals surface area (Å²) < 4.78 is 7.55. The molecule has 5 rings (SSSR count). The van der Waals surface area contributed by atoms with Gasteiger partial charge in [0.25, 0.3) is 5.56 Å². The van der Waals surface area contributed by atoms with Crippen LogP contribution >= 0.6 is 0 Å². The van der Waals surface area contributed by atoms with E-state index in [-0.39, 0.29) is 22.3 Å². The maximum absolute atomic E-state index is 13.4. The lowest BCUT2D eigenvalue weighted by Crippen LogP contribution is -2.29. The van der Waals surface area contributed by atoms with E-state index in [1.54, 1.807) is 6.07 Å². The number of likely N-dealkylation sites (N-methyl/N-ethyl adjacent to an activating group) is 1. The first-order chi connectivity index (χ1) is 15.0. The number of fused-ring (bicyclic) bond motifs is 7. The predicted molar refractivity (Wildman–Crippen MR) is 123 cm³/mol. The van der Waals surface area contributed by atoms with Crippen LogP contribution in [0.25, 0.3) is 43.7 Å². The summed E-state index contributed by atoms with van der Waals surface area (Å²) in [6.45, 7) is 6.81. The molecule has 7 heteroatoms. The molecule has 3 aromatic carbocycles. The second-order valence-corrected chi connectivity index (χ2v) is 7.69. The molecule has 0 aliphatic carbocycles. The summed E-state index contributed by atoms with van der Waals surface area (Å²) in [5, 5.41) is 13.0. The van der Waals surface area contributed by atoms with Crippen LogP contribution in [-0.2, 0) is 6.54 Å². The normalized spacial score (nSPS) is 12.1. The van der Waals surface area contributed by atoms with Crippen LogP contribution in [0.15, 0.2) is 56.5 Å². The van der Waals surface area contributed by atoms with Crippen molar-refractivity contribution in [2.75, 3.05) is 19.6 Å². The topological polar surface area (TPSA) is 91.5 Å². The van der Waals surface area contributed by atoms with Crippen LogP contribution in [0, 0.1) is 0 Å². The van der Waals surface area contributed by atoms with Gasteiger partial charge in [0.05, 0.1) is 21.8 Å². The molecule has 0 saturated heterocycles. The first-order valence-corrected chi connectivity index (χ1v) is 10.5. The third-order valence-corrected chi connectivity index (χ3v) is 6.07. The number of H-pyrrole nitrogens is 1. The van der Waals surface area contributed by atoms with Crippen molar-refractivity contribution < 1.29 is 9.52 Å². The summed E-state index contributed by atoms with van der Waals surface area (Å²) in [5.74, 6) is -0.131. The molecule has 158 valence electrons. The molecule has 0 unspecified atom stereocenters. The van der Waals surface area contributed by atoms with Crippen LogP contribution in [0.4, 0.5) is 0 Å². The monoisotopic (exact) mass is 417 g/mol. The van der Waals surface area contributed by atoms with Crippen LogP contribution in [0.3, 0.4) is 0 Å². The van der Waals surface area contributed by atoms with Crippen molar-refractivity contribution in [1.82, 2.24) is 14.5 Å². The minimum atomic E-state index is -0.324. The maximum atomic E-state index is 13.4. The Bertz CT molecular complexity index is 1570. The number of nitrogens with zero attached hydrogens (tertiary/aromatic N) is 2. The Morgan fingerprint density at radius 2 is 1.81 bits per heavy atom. The van der Waals surface area contributed by atoms with Gasteiger partial charge in [0.1, 0.15) is 0 Å². The van der Waals surface area contributed by atoms with Crippen LogP contribution in [-0.4, -0.2) is 39.2 Å². The number of aromatic hydroxyl groups is 1. The molecule has 5 aromatic rings. The molecule has 0 radical (unpaired) electrons. The first-order valence-electron chi connectivity index (χ1n) is 10.5. The largest absolute Gasteiger partial charge is 0.494 e. The average molecular weight is 417 g/mol. The Morgan fingerprint density at radius 1 is 1.03 bits per heavy atom. The van der Waals surface area contributed by atoms with E-state index in [0.717, 1.165) is 18.6 Å². The average Bonchev–Trinajstić information content (AvgIpc) is 3.03. The quantitative estimate of drug-likeness (QED) is 0.335. The van der Waals surface area contributed by atoms with Gasteiger partial charge >= 0.3 is 0 Å². The van der Waals surface area contributed by atoms with Crippen molar-refractivity contribution in [3.8, 4) is 5.88 Å². The standard InChI is InChI=1S/C24H23N3O4/c1-3-26(4-2)11-12-27-23(29)19-16-13-14(28)9-10-15(16)21-22(20(19)24(27)30)31-18-8-6-5-7-17(18)25-21/h5-10,13,25,29H,3-4,11-12H2,1-2H3. The molecule has 0 bridgehead atoms. The molecule has 0 atom stereocenters. The highest BCUT2D eigenvalue weighted by molar-refractivity contribution is 6.24. The Labute approximate surface area is 177 Å². The van der Waals surface area contributed by atoms with Crippen molar-refractivity contribution in [2.24, 2.45) is 0 Å². The lowest BCUT2D eigenvalue weighted by atomic mass is 10.0. The highest BCUT2D eigenvalue weighted by Gasteiger charge is 2.23. The number of para-hydroxylation sites is 2. The molecule has 2 heterocycles. The van der Waals surface area contributed by atoms with Gasteiger partial charge < -0.3 is 19.4 Å². The van der Waals surface area contributed by atoms with Crippen molar-refractivity contribution in [3.63, 3.8) is 0 Å². The molecule has 0 saturated carbocycles. The van der Waals surface area contributed by atoms with E-state index in [9.17, 15) is 14.7 Å². The summed E-state index contributed by atoms with van der Waals surface area (Å²) in [7, 11) is 0. The maximum Gasteiger partial charge on any atom is 0.265 e. The SMILES string of the molecule is CCN(CC)CCn1c(O)c2c3cc(=O)ccc3c3[nH]c4ccccc4oc3c2c1=O. The van der Waals surface area contributed by atoms with Gasteiger partial charge in [0.15, 0.2) is 16.6 Å². The Kier molecular flexibility index (Phi) is 4.55. The van der Waals surface area contributed by atoms with Crippen LogP contribution < -0.4 is 11.0 Å².